The van der Waals surface area contributed by atoms with E-state index in [1.54, 1.807) is 48.9 Å². The Morgan fingerprint density at radius 3 is 2.59 bits per heavy atom. The lowest BCUT2D eigenvalue weighted by molar-refractivity contribution is -0.143. The number of hydrogen-bond acceptors (Lipinski definition) is 5. The zero-order chi connectivity index (χ0) is 21.3. The van der Waals surface area contributed by atoms with E-state index in [4.69, 9.17) is 4.74 Å². The largest absolute Gasteiger partial charge is 0.452 e. The number of anilines is 2. The highest BCUT2D eigenvalue weighted by Gasteiger charge is 2.43. The number of fused-ring (bicyclic) bond motifs is 1. The van der Waals surface area contributed by atoms with Crippen molar-refractivity contribution in [3.63, 3.8) is 0 Å². The van der Waals surface area contributed by atoms with E-state index < -0.39 is 24.0 Å². The zero-order valence-corrected chi connectivity index (χ0v) is 17.1. The molecule has 0 bridgehead atoms. The first-order chi connectivity index (χ1) is 13.6. The summed E-state index contributed by atoms with van der Waals surface area (Å²) >= 11 is 0. The number of esters is 1. The van der Waals surface area contributed by atoms with E-state index in [0.29, 0.717) is 11.4 Å². The molecule has 0 saturated carbocycles. The SMILES string of the molecule is Cc1nn(C)c(C)c1/C=C/C(=O)OCC(=O)N1c2ccccc2NC(=O)C1(C)C. The fraction of sp³-hybridized carbons (Fsp3) is 0.333. The van der Waals surface area contributed by atoms with Gasteiger partial charge in [0.05, 0.1) is 17.1 Å². The van der Waals surface area contributed by atoms with Crippen LogP contribution in [0, 0.1) is 13.8 Å². The van der Waals surface area contributed by atoms with Crippen molar-refractivity contribution < 1.29 is 19.1 Å². The standard InChI is InChI=1S/C21H24N4O4/c1-13-15(14(2)24(5)23-13)10-11-19(27)29-12-18(26)25-17-9-7-6-8-16(17)22-20(28)21(25,3)4/h6-11H,12H2,1-5H3,(H,22,28)/b11-10+. The fourth-order valence-electron chi connectivity index (χ4n) is 3.33. The van der Waals surface area contributed by atoms with E-state index >= 15 is 0 Å². The number of para-hydroxylation sites is 2. The van der Waals surface area contributed by atoms with Crippen LogP contribution in [0.4, 0.5) is 11.4 Å². The molecule has 1 aliphatic heterocycles. The average molecular weight is 396 g/mol. The van der Waals surface area contributed by atoms with E-state index in [1.165, 1.54) is 11.0 Å². The van der Waals surface area contributed by atoms with Gasteiger partial charge in [-0.1, -0.05) is 12.1 Å². The van der Waals surface area contributed by atoms with Crippen LogP contribution in [0.2, 0.25) is 0 Å². The van der Waals surface area contributed by atoms with Gasteiger partial charge in [0, 0.05) is 24.4 Å². The van der Waals surface area contributed by atoms with Gasteiger partial charge in [0.1, 0.15) is 5.54 Å². The highest BCUT2D eigenvalue weighted by molar-refractivity contribution is 6.14. The number of ether oxygens (including phenoxy) is 1. The van der Waals surface area contributed by atoms with E-state index in [-0.39, 0.29) is 5.91 Å². The number of aromatic nitrogens is 2. The second-order valence-corrected chi connectivity index (χ2v) is 7.41. The van der Waals surface area contributed by atoms with E-state index in [9.17, 15) is 14.4 Å². The predicted molar refractivity (Wildman–Crippen MR) is 109 cm³/mol. The summed E-state index contributed by atoms with van der Waals surface area (Å²) < 4.78 is 6.86. The second kappa shape index (κ2) is 7.54. The molecule has 1 N–H and O–H groups in total. The molecule has 0 saturated heterocycles. The van der Waals surface area contributed by atoms with Gasteiger partial charge in [0.15, 0.2) is 6.61 Å². The molecule has 0 radical (unpaired) electrons. The Balaban J connectivity index is 1.72. The van der Waals surface area contributed by atoms with Gasteiger partial charge in [-0.25, -0.2) is 4.79 Å². The van der Waals surface area contributed by atoms with Crippen molar-refractivity contribution in [2.75, 3.05) is 16.8 Å². The number of nitrogens with zero attached hydrogens (tertiary/aromatic N) is 3. The number of hydrogen-bond donors (Lipinski definition) is 1. The molecular weight excluding hydrogens is 372 g/mol. The molecule has 1 aromatic heterocycles. The normalized spacial score (nSPS) is 15.2. The smallest absolute Gasteiger partial charge is 0.331 e. The first kappa shape index (κ1) is 20.3. The Bertz CT molecular complexity index is 1020. The van der Waals surface area contributed by atoms with Gasteiger partial charge in [-0.3, -0.25) is 19.2 Å². The van der Waals surface area contributed by atoms with Crippen LogP contribution >= 0.6 is 0 Å². The van der Waals surface area contributed by atoms with Crippen molar-refractivity contribution in [2.45, 2.75) is 33.2 Å². The van der Waals surface area contributed by atoms with Gasteiger partial charge in [0.2, 0.25) is 5.91 Å². The Kier molecular flexibility index (Phi) is 5.28. The highest BCUT2D eigenvalue weighted by atomic mass is 16.5. The molecule has 0 aliphatic carbocycles. The van der Waals surface area contributed by atoms with Crippen LogP contribution in [0.3, 0.4) is 0 Å². The molecule has 1 aliphatic rings. The molecule has 152 valence electrons. The summed E-state index contributed by atoms with van der Waals surface area (Å²) in [4.78, 5) is 38.8. The van der Waals surface area contributed by atoms with Gasteiger partial charge in [-0.05, 0) is 45.9 Å². The third-order valence-corrected chi connectivity index (χ3v) is 5.05. The molecule has 0 fully saturated rings. The van der Waals surface area contributed by atoms with Gasteiger partial charge in [-0.2, -0.15) is 5.10 Å². The predicted octanol–water partition coefficient (Wildman–Crippen LogP) is 2.36. The van der Waals surface area contributed by atoms with Crippen LogP contribution in [-0.4, -0.2) is 39.7 Å². The number of carbonyl (C=O) groups is 3. The van der Waals surface area contributed by atoms with E-state index in [1.807, 2.05) is 20.9 Å². The Morgan fingerprint density at radius 2 is 1.93 bits per heavy atom. The zero-order valence-electron chi connectivity index (χ0n) is 17.1. The summed E-state index contributed by atoms with van der Waals surface area (Å²) in [6, 6.07) is 7.01. The number of carbonyl (C=O) groups excluding carboxylic acids is 3. The van der Waals surface area contributed by atoms with E-state index in [2.05, 4.69) is 10.4 Å². The monoisotopic (exact) mass is 396 g/mol. The first-order valence-corrected chi connectivity index (χ1v) is 9.21. The number of aryl methyl sites for hydroxylation is 2. The van der Waals surface area contributed by atoms with Crippen molar-refractivity contribution in [3.8, 4) is 0 Å². The maximum Gasteiger partial charge on any atom is 0.331 e. The van der Waals surface area contributed by atoms with Crippen LogP contribution in [0.15, 0.2) is 30.3 Å². The minimum absolute atomic E-state index is 0.307. The van der Waals surface area contributed by atoms with Gasteiger partial charge in [-0.15, -0.1) is 0 Å². The summed E-state index contributed by atoms with van der Waals surface area (Å²) in [7, 11) is 1.82. The number of nitrogens with one attached hydrogen (secondary N) is 1. The summed E-state index contributed by atoms with van der Waals surface area (Å²) in [5, 5.41) is 7.07. The molecule has 0 atom stereocenters. The Labute approximate surface area is 169 Å². The summed E-state index contributed by atoms with van der Waals surface area (Å²) in [6.07, 6.45) is 2.89. The number of benzene rings is 1. The Hall–Kier alpha value is -3.42. The molecule has 29 heavy (non-hydrogen) atoms. The highest BCUT2D eigenvalue weighted by Crippen LogP contribution is 2.36. The lowest BCUT2D eigenvalue weighted by Gasteiger charge is -2.41. The van der Waals surface area contributed by atoms with Crippen molar-refractivity contribution in [2.24, 2.45) is 7.05 Å². The number of rotatable bonds is 4. The quantitative estimate of drug-likeness (QED) is 0.633. The molecule has 2 amide bonds. The van der Waals surface area contributed by atoms with Crippen LogP contribution in [0.5, 0.6) is 0 Å². The van der Waals surface area contributed by atoms with E-state index in [0.717, 1.165) is 17.0 Å². The third-order valence-electron chi connectivity index (χ3n) is 5.05. The maximum absolute atomic E-state index is 12.8. The van der Waals surface area contributed by atoms with Crippen LogP contribution in [0.25, 0.3) is 6.08 Å². The molecule has 8 heteroatoms. The van der Waals surface area contributed by atoms with Gasteiger partial charge < -0.3 is 10.1 Å². The number of amides is 2. The first-order valence-electron chi connectivity index (χ1n) is 9.21. The third kappa shape index (κ3) is 3.78. The minimum atomic E-state index is -1.11. The van der Waals surface area contributed by atoms with Crippen LogP contribution < -0.4 is 10.2 Å². The van der Waals surface area contributed by atoms with Crippen molar-refractivity contribution in [3.05, 3.63) is 47.3 Å². The lowest BCUT2D eigenvalue weighted by atomic mass is 9.96. The van der Waals surface area contributed by atoms with Gasteiger partial charge in [0.25, 0.3) is 5.91 Å². The molecule has 0 unspecified atom stereocenters. The molecule has 8 nitrogen and oxygen atoms in total. The summed E-state index contributed by atoms with van der Waals surface area (Å²) in [5.74, 6) is -1.43. The molecule has 2 aromatic rings. The van der Waals surface area contributed by atoms with Crippen molar-refractivity contribution in [1.82, 2.24) is 9.78 Å². The van der Waals surface area contributed by atoms with Crippen molar-refractivity contribution in [1.29, 1.82) is 0 Å². The Morgan fingerprint density at radius 1 is 1.24 bits per heavy atom. The summed E-state index contributed by atoms with van der Waals surface area (Å²) in [5.41, 5.74) is 2.54. The minimum Gasteiger partial charge on any atom is -0.452 e. The topological polar surface area (TPSA) is 93.5 Å². The van der Waals surface area contributed by atoms with Crippen LogP contribution in [0.1, 0.15) is 30.8 Å². The average Bonchev–Trinajstić information content (AvgIpc) is 2.90. The fourth-order valence-corrected chi connectivity index (χ4v) is 3.33. The summed E-state index contributed by atoms with van der Waals surface area (Å²) in [6.45, 7) is 6.56. The maximum atomic E-state index is 12.8. The van der Waals surface area contributed by atoms with Crippen LogP contribution in [-0.2, 0) is 26.2 Å². The second-order valence-electron chi connectivity index (χ2n) is 7.41. The lowest BCUT2D eigenvalue weighted by Crippen LogP contribution is -2.59. The molecular formula is C21H24N4O4. The molecule has 3 rings (SSSR count). The van der Waals surface area contributed by atoms with Gasteiger partial charge >= 0.3 is 5.97 Å². The molecule has 0 spiro atoms. The molecule has 2 heterocycles. The van der Waals surface area contributed by atoms with Crippen molar-refractivity contribution >= 4 is 35.2 Å². The molecule has 1 aromatic carbocycles.